The van der Waals surface area contributed by atoms with Gasteiger partial charge in [0.1, 0.15) is 0 Å². The highest BCUT2D eigenvalue weighted by atomic mass is 16.2. The number of nitrogens with zero attached hydrogens (tertiary/aromatic N) is 5. The minimum absolute atomic E-state index is 0.0746. The Balaban J connectivity index is 1.82. The number of carbonyl (C=O) groups is 2. The molecule has 0 aliphatic carbocycles. The average Bonchev–Trinajstić information content (AvgIpc) is 2.69. The maximum absolute atomic E-state index is 12.9. The van der Waals surface area contributed by atoms with Crippen molar-refractivity contribution in [1.29, 1.82) is 0 Å². The lowest BCUT2D eigenvalue weighted by atomic mass is 9.92. The molecule has 2 aliphatic rings. The molecule has 0 bridgehead atoms. The molecule has 0 spiro atoms. The third kappa shape index (κ3) is 2.57. The fourth-order valence-corrected chi connectivity index (χ4v) is 3.93. The van der Waals surface area contributed by atoms with Crippen LogP contribution in [0.2, 0.25) is 0 Å². The van der Waals surface area contributed by atoms with Gasteiger partial charge in [0, 0.05) is 58.7 Å². The highest BCUT2D eigenvalue weighted by Crippen LogP contribution is 2.36. The van der Waals surface area contributed by atoms with Gasteiger partial charge in [-0.2, -0.15) is 0 Å². The molecular formula is C19H19N5O2. The van der Waals surface area contributed by atoms with Gasteiger partial charge in [0.05, 0.1) is 0 Å². The Labute approximate surface area is 150 Å². The number of carbonyl (C=O) groups excluding carboxylic acids is 2. The first-order valence-corrected chi connectivity index (χ1v) is 8.90. The fourth-order valence-electron chi connectivity index (χ4n) is 3.93. The van der Waals surface area contributed by atoms with Gasteiger partial charge in [-0.3, -0.25) is 14.5 Å². The first kappa shape index (κ1) is 16.4. The summed E-state index contributed by atoms with van der Waals surface area (Å²) in [6.07, 6.45) is 3.57. The predicted octanol–water partition coefficient (Wildman–Crippen LogP) is 3.74. The zero-order valence-corrected chi connectivity index (χ0v) is 14.4. The van der Waals surface area contributed by atoms with Crippen molar-refractivity contribution in [3.63, 3.8) is 0 Å². The van der Waals surface area contributed by atoms with Crippen LogP contribution in [0.1, 0.15) is 40.0 Å². The highest BCUT2D eigenvalue weighted by molar-refractivity contribution is 6.26. The summed E-state index contributed by atoms with van der Waals surface area (Å²) >= 11 is 0. The molecule has 2 amide bonds. The largest absolute Gasteiger partial charge is 0.371 e. The molecule has 0 radical (unpaired) electrons. The number of hydrogen-bond donors (Lipinski definition) is 0. The van der Waals surface area contributed by atoms with E-state index in [1.54, 1.807) is 6.07 Å². The van der Waals surface area contributed by atoms with Gasteiger partial charge in [-0.05, 0) is 43.0 Å². The second kappa shape index (κ2) is 6.69. The molecule has 2 aliphatic heterocycles. The van der Waals surface area contributed by atoms with E-state index in [2.05, 4.69) is 14.9 Å². The van der Waals surface area contributed by atoms with E-state index in [-0.39, 0.29) is 24.9 Å². The van der Waals surface area contributed by atoms with Crippen LogP contribution in [0, 0.1) is 0 Å². The lowest BCUT2D eigenvalue weighted by Gasteiger charge is -2.32. The lowest BCUT2D eigenvalue weighted by Crippen LogP contribution is -2.41. The van der Waals surface area contributed by atoms with E-state index in [9.17, 15) is 9.59 Å². The van der Waals surface area contributed by atoms with E-state index in [1.807, 2.05) is 24.3 Å². The van der Waals surface area contributed by atoms with Crippen LogP contribution in [0.25, 0.3) is 21.2 Å². The van der Waals surface area contributed by atoms with Gasteiger partial charge in [0.2, 0.25) is 0 Å². The molecule has 0 unspecified atom stereocenters. The van der Waals surface area contributed by atoms with Crippen LogP contribution in [-0.2, 0) is 0 Å². The molecule has 26 heavy (non-hydrogen) atoms. The van der Waals surface area contributed by atoms with Crippen molar-refractivity contribution in [3.05, 3.63) is 51.9 Å². The van der Waals surface area contributed by atoms with Crippen LogP contribution >= 0.6 is 0 Å². The molecule has 0 atom stereocenters. The Morgan fingerprint density at radius 1 is 1.00 bits per heavy atom. The third-order valence-electron chi connectivity index (χ3n) is 5.15. The van der Waals surface area contributed by atoms with E-state index in [1.165, 1.54) is 11.3 Å². The number of benzene rings is 2. The Bertz CT molecular complexity index is 920. The second-order valence-electron chi connectivity index (χ2n) is 6.62. The summed E-state index contributed by atoms with van der Waals surface area (Å²) in [5, 5.41) is 5.14. The number of imide groups is 1. The van der Waals surface area contributed by atoms with E-state index in [4.69, 9.17) is 5.53 Å². The van der Waals surface area contributed by atoms with Crippen molar-refractivity contribution >= 4 is 28.3 Å². The van der Waals surface area contributed by atoms with Gasteiger partial charge in [-0.25, -0.2) is 0 Å². The summed E-state index contributed by atoms with van der Waals surface area (Å²) in [5.41, 5.74) is 10.6. The average molecular weight is 349 g/mol. The molecule has 1 fully saturated rings. The zero-order valence-electron chi connectivity index (χ0n) is 14.4. The molecular weight excluding hydrogens is 330 g/mol. The maximum atomic E-state index is 12.9. The Morgan fingerprint density at radius 2 is 1.73 bits per heavy atom. The zero-order chi connectivity index (χ0) is 18.1. The van der Waals surface area contributed by atoms with Crippen LogP contribution in [0.3, 0.4) is 0 Å². The summed E-state index contributed by atoms with van der Waals surface area (Å²) in [4.78, 5) is 31.9. The number of anilines is 1. The number of rotatable bonds is 4. The summed E-state index contributed by atoms with van der Waals surface area (Å²) in [5.74, 6) is -0.644. The van der Waals surface area contributed by atoms with E-state index in [0.717, 1.165) is 42.4 Å². The third-order valence-corrected chi connectivity index (χ3v) is 5.15. The minimum atomic E-state index is -0.322. The standard InChI is InChI=1S/C19H19N5O2/c20-22-21-9-12-24-18(25)14-6-4-5-13-16(23-10-2-1-3-11-23)8-7-15(17(13)14)19(24)26/h4-8H,1-3,9-12H2. The van der Waals surface area contributed by atoms with Crippen molar-refractivity contribution in [2.75, 3.05) is 31.1 Å². The van der Waals surface area contributed by atoms with Crippen molar-refractivity contribution in [2.45, 2.75) is 19.3 Å². The smallest absolute Gasteiger partial charge is 0.261 e. The van der Waals surface area contributed by atoms with E-state index in [0.29, 0.717) is 11.1 Å². The minimum Gasteiger partial charge on any atom is -0.371 e. The number of hydrogen-bond acceptors (Lipinski definition) is 4. The number of azide groups is 1. The van der Waals surface area contributed by atoms with E-state index < -0.39 is 0 Å². The van der Waals surface area contributed by atoms with Crippen LogP contribution < -0.4 is 4.90 Å². The number of piperidine rings is 1. The first-order chi connectivity index (χ1) is 12.7. The van der Waals surface area contributed by atoms with Gasteiger partial charge >= 0.3 is 0 Å². The molecule has 7 heteroatoms. The molecule has 0 aromatic heterocycles. The number of amides is 2. The molecule has 132 valence electrons. The van der Waals surface area contributed by atoms with Crippen molar-refractivity contribution < 1.29 is 9.59 Å². The van der Waals surface area contributed by atoms with Gasteiger partial charge < -0.3 is 4.90 Å². The quantitative estimate of drug-likeness (QED) is 0.364. The summed E-state index contributed by atoms with van der Waals surface area (Å²) in [7, 11) is 0. The molecule has 2 aromatic rings. The monoisotopic (exact) mass is 349 g/mol. The summed E-state index contributed by atoms with van der Waals surface area (Å²) < 4.78 is 0. The summed E-state index contributed by atoms with van der Waals surface area (Å²) in [6.45, 7) is 2.16. The van der Waals surface area contributed by atoms with Crippen molar-refractivity contribution in [2.24, 2.45) is 5.11 Å². The molecule has 2 aromatic carbocycles. The predicted molar refractivity (Wildman–Crippen MR) is 99.4 cm³/mol. The Morgan fingerprint density at radius 3 is 2.46 bits per heavy atom. The summed E-state index contributed by atoms with van der Waals surface area (Å²) in [6, 6.07) is 9.44. The van der Waals surface area contributed by atoms with Crippen molar-refractivity contribution in [1.82, 2.24) is 4.90 Å². The van der Waals surface area contributed by atoms with Crippen LogP contribution in [0.4, 0.5) is 5.69 Å². The molecule has 4 rings (SSSR count). The second-order valence-corrected chi connectivity index (χ2v) is 6.62. The molecule has 1 saturated heterocycles. The molecule has 0 N–H and O–H groups in total. The molecule has 0 saturated carbocycles. The molecule has 2 heterocycles. The normalized spacial score (nSPS) is 16.8. The van der Waals surface area contributed by atoms with Gasteiger partial charge in [-0.1, -0.05) is 17.2 Å². The lowest BCUT2D eigenvalue weighted by molar-refractivity contribution is 0.0615. The van der Waals surface area contributed by atoms with E-state index >= 15 is 0 Å². The molecule has 7 nitrogen and oxygen atoms in total. The van der Waals surface area contributed by atoms with Crippen molar-refractivity contribution in [3.8, 4) is 0 Å². The van der Waals surface area contributed by atoms with Gasteiger partial charge in [-0.15, -0.1) is 0 Å². The topological polar surface area (TPSA) is 89.4 Å². The maximum Gasteiger partial charge on any atom is 0.261 e. The van der Waals surface area contributed by atoms with Crippen LogP contribution in [-0.4, -0.2) is 42.9 Å². The highest BCUT2D eigenvalue weighted by Gasteiger charge is 2.33. The first-order valence-electron chi connectivity index (χ1n) is 8.90. The Kier molecular flexibility index (Phi) is 4.22. The van der Waals surface area contributed by atoms with Gasteiger partial charge in [0.25, 0.3) is 11.8 Å². The van der Waals surface area contributed by atoms with Gasteiger partial charge in [0.15, 0.2) is 0 Å². The Hall–Kier alpha value is -3.05. The SMILES string of the molecule is [N-]=[N+]=NCCN1C(=O)c2cccc3c(N4CCCCC4)ccc(c23)C1=O. The fraction of sp³-hybridized carbons (Fsp3) is 0.368. The van der Waals surface area contributed by atoms with Crippen LogP contribution in [0.5, 0.6) is 0 Å². The van der Waals surface area contributed by atoms with Crippen LogP contribution in [0.15, 0.2) is 35.4 Å².